The topological polar surface area (TPSA) is 50.9 Å². The highest BCUT2D eigenvalue weighted by atomic mass is 32.1. The number of nitrogens with two attached hydrogens (primary N) is 1. The highest BCUT2D eigenvalue weighted by Crippen LogP contribution is 2.29. The van der Waals surface area contributed by atoms with E-state index in [0.717, 1.165) is 16.1 Å². The van der Waals surface area contributed by atoms with Crippen molar-refractivity contribution in [2.75, 3.05) is 0 Å². The van der Waals surface area contributed by atoms with Gasteiger partial charge >= 0.3 is 0 Å². The van der Waals surface area contributed by atoms with Gasteiger partial charge < -0.3 is 0 Å². The van der Waals surface area contributed by atoms with Crippen molar-refractivity contribution >= 4 is 22.1 Å². The largest absolute Gasteiger partial charge is 0.271 e. The van der Waals surface area contributed by atoms with E-state index in [4.69, 9.17) is 5.84 Å². The second-order valence-electron chi connectivity index (χ2n) is 4.51. The first-order chi connectivity index (χ1) is 9.29. The number of nitrogens with zero attached hydrogens (tertiary/aromatic N) is 1. The third kappa shape index (κ3) is 2.26. The second-order valence-corrected chi connectivity index (χ2v) is 5.39. The molecule has 3 rings (SSSR count). The van der Waals surface area contributed by atoms with E-state index < -0.39 is 0 Å². The Kier molecular flexibility index (Phi) is 3.29. The molecule has 1 heterocycles. The number of hydrogen-bond acceptors (Lipinski definition) is 4. The molecule has 1 atom stereocenters. The molecule has 1 unspecified atom stereocenters. The Morgan fingerprint density at radius 1 is 1.16 bits per heavy atom. The van der Waals surface area contributed by atoms with Gasteiger partial charge in [-0.2, -0.15) is 0 Å². The van der Waals surface area contributed by atoms with Crippen molar-refractivity contribution in [3.8, 4) is 0 Å². The molecule has 0 fully saturated rings. The molecule has 0 aliphatic heterocycles. The van der Waals surface area contributed by atoms with Crippen molar-refractivity contribution in [2.45, 2.75) is 13.0 Å². The van der Waals surface area contributed by atoms with Gasteiger partial charge in [-0.05, 0) is 29.3 Å². The van der Waals surface area contributed by atoms with Gasteiger partial charge in [0.2, 0.25) is 0 Å². The second kappa shape index (κ2) is 5.09. The van der Waals surface area contributed by atoms with Crippen LogP contribution in [0.1, 0.15) is 22.2 Å². The number of benzene rings is 2. The van der Waals surface area contributed by atoms with Crippen LogP contribution in [0.4, 0.5) is 0 Å². The van der Waals surface area contributed by atoms with Crippen LogP contribution in [0.3, 0.4) is 0 Å². The first-order valence-electron chi connectivity index (χ1n) is 6.14. The number of hydrazine groups is 1. The summed E-state index contributed by atoms with van der Waals surface area (Å²) >= 11 is 1.63. The molecule has 19 heavy (non-hydrogen) atoms. The Labute approximate surface area is 116 Å². The first-order valence-corrected chi connectivity index (χ1v) is 7.02. The summed E-state index contributed by atoms with van der Waals surface area (Å²) in [5, 5.41) is 2.46. The normalized spacial score (nSPS) is 12.7. The highest BCUT2D eigenvalue weighted by Gasteiger charge is 2.17. The molecule has 0 aliphatic rings. The standard InChI is InChI=1S/C15H15N3S/c1-10-15(19-9-17-10)14(18-16)13-7-6-11-4-2-3-5-12(11)8-13/h2-9,14,18H,16H2,1H3. The predicted molar refractivity (Wildman–Crippen MR) is 80.0 cm³/mol. The Morgan fingerprint density at radius 3 is 2.63 bits per heavy atom. The zero-order valence-corrected chi connectivity index (χ0v) is 11.4. The van der Waals surface area contributed by atoms with Gasteiger partial charge in [-0.25, -0.2) is 10.4 Å². The van der Waals surface area contributed by atoms with Gasteiger partial charge in [0, 0.05) is 0 Å². The van der Waals surface area contributed by atoms with Crippen LogP contribution in [0.2, 0.25) is 0 Å². The molecule has 3 nitrogen and oxygen atoms in total. The lowest BCUT2D eigenvalue weighted by molar-refractivity contribution is 0.643. The van der Waals surface area contributed by atoms with E-state index in [1.165, 1.54) is 10.8 Å². The minimum Gasteiger partial charge on any atom is -0.271 e. The summed E-state index contributed by atoms with van der Waals surface area (Å²) in [6.45, 7) is 2.01. The number of hydrogen-bond donors (Lipinski definition) is 2. The van der Waals surface area contributed by atoms with E-state index in [1.807, 2.05) is 18.5 Å². The van der Waals surface area contributed by atoms with Crippen LogP contribution in [-0.2, 0) is 0 Å². The number of nitrogens with one attached hydrogen (secondary N) is 1. The van der Waals surface area contributed by atoms with E-state index in [0.29, 0.717) is 0 Å². The van der Waals surface area contributed by atoms with Crippen LogP contribution >= 0.6 is 11.3 Å². The number of aromatic nitrogens is 1. The molecular formula is C15H15N3S. The molecule has 0 spiro atoms. The van der Waals surface area contributed by atoms with Gasteiger partial charge in [-0.3, -0.25) is 5.84 Å². The van der Waals surface area contributed by atoms with E-state index >= 15 is 0 Å². The number of thiazole rings is 1. The Balaban J connectivity index is 2.09. The van der Waals surface area contributed by atoms with Gasteiger partial charge in [0.15, 0.2) is 0 Å². The van der Waals surface area contributed by atoms with Gasteiger partial charge in [-0.1, -0.05) is 36.4 Å². The zero-order valence-electron chi connectivity index (χ0n) is 10.6. The monoisotopic (exact) mass is 269 g/mol. The Bertz CT molecular complexity index is 705. The molecule has 0 amide bonds. The van der Waals surface area contributed by atoms with Crippen molar-refractivity contribution in [1.82, 2.24) is 10.4 Å². The average Bonchev–Trinajstić information content (AvgIpc) is 2.86. The first kappa shape index (κ1) is 12.3. The van der Waals surface area contributed by atoms with Crippen molar-refractivity contribution < 1.29 is 0 Å². The maximum atomic E-state index is 5.74. The molecule has 96 valence electrons. The predicted octanol–water partition coefficient (Wildman–Crippen LogP) is 3.16. The van der Waals surface area contributed by atoms with E-state index in [2.05, 4.69) is 46.8 Å². The van der Waals surface area contributed by atoms with Crippen LogP contribution in [0, 0.1) is 6.92 Å². The third-order valence-electron chi connectivity index (χ3n) is 3.32. The van der Waals surface area contributed by atoms with Crippen molar-refractivity contribution in [3.63, 3.8) is 0 Å². The van der Waals surface area contributed by atoms with Crippen LogP contribution < -0.4 is 11.3 Å². The minimum absolute atomic E-state index is 0.00268. The summed E-state index contributed by atoms with van der Waals surface area (Å²) in [6.07, 6.45) is 0. The molecule has 0 aliphatic carbocycles. The fourth-order valence-corrected chi connectivity index (χ4v) is 3.19. The average molecular weight is 269 g/mol. The number of rotatable bonds is 3. The van der Waals surface area contributed by atoms with Gasteiger partial charge in [-0.15, -0.1) is 11.3 Å². The molecule has 2 aromatic carbocycles. The van der Waals surface area contributed by atoms with E-state index in [1.54, 1.807) is 11.3 Å². The van der Waals surface area contributed by atoms with Gasteiger partial charge in [0.1, 0.15) is 0 Å². The molecule has 3 aromatic rings. The van der Waals surface area contributed by atoms with Crippen molar-refractivity contribution in [2.24, 2.45) is 5.84 Å². The molecule has 0 saturated carbocycles. The lowest BCUT2D eigenvalue weighted by atomic mass is 10.0. The molecule has 3 N–H and O–H groups in total. The molecular weight excluding hydrogens is 254 g/mol. The van der Waals surface area contributed by atoms with Crippen LogP contribution in [0.5, 0.6) is 0 Å². The maximum absolute atomic E-state index is 5.74. The quantitative estimate of drug-likeness (QED) is 0.567. The smallest absolute Gasteiger partial charge is 0.0821 e. The van der Waals surface area contributed by atoms with Gasteiger partial charge in [0.05, 0.1) is 22.1 Å². The fraction of sp³-hybridized carbons (Fsp3) is 0.133. The fourth-order valence-electron chi connectivity index (χ4n) is 2.30. The summed E-state index contributed by atoms with van der Waals surface area (Å²) in [6, 6.07) is 14.8. The number of fused-ring (bicyclic) bond motifs is 1. The Hall–Kier alpha value is -1.75. The molecule has 0 bridgehead atoms. The summed E-state index contributed by atoms with van der Waals surface area (Å²) in [4.78, 5) is 5.46. The van der Waals surface area contributed by atoms with Crippen LogP contribution in [0.15, 0.2) is 48.0 Å². The molecule has 0 radical (unpaired) electrons. The van der Waals surface area contributed by atoms with E-state index in [-0.39, 0.29) is 6.04 Å². The molecule has 1 aromatic heterocycles. The third-order valence-corrected chi connectivity index (χ3v) is 4.31. The minimum atomic E-state index is -0.00268. The van der Waals surface area contributed by atoms with Crippen molar-refractivity contribution in [1.29, 1.82) is 0 Å². The summed E-state index contributed by atoms with van der Waals surface area (Å²) < 4.78 is 0. The highest BCUT2D eigenvalue weighted by molar-refractivity contribution is 7.09. The lowest BCUT2D eigenvalue weighted by Gasteiger charge is -2.16. The van der Waals surface area contributed by atoms with Crippen molar-refractivity contribution in [3.05, 3.63) is 64.1 Å². The molecule has 0 saturated heterocycles. The summed E-state index contributed by atoms with van der Waals surface area (Å²) in [5.41, 5.74) is 6.94. The lowest BCUT2D eigenvalue weighted by Crippen LogP contribution is -2.28. The van der Waals surface area contributed by atoms with E-state index in [9.17, 15) is 0 Å². The zero-order chi connectivity index (χ0) is 13.2. The molecule has 4 heteroatoms. The van der Waals surface area contributed by atoms with Crippen LogP contribution in [0.25, 0.3) is 10.8 Å². The SMILES string of the molecule is Cc1ncsc1C(NN)c1ccc2ccccc2c1. The Morgan fingerprint density at radius 2 is 1.95 bits per heavy atom. The maximum Gasteiger partial charge on any atom is 0.0821 e. The summed E-state index contributed by atoms with van der Waals surface area (Å²) in [5.74, 6) is 5.74. The van der Waals surface area contributed by atoms with Gasteiger partial charge in [0.25, 0.3) is 0 Å². The van der Waals surface area contributed by atoms with Crippen LogP contribution in [-0.4, -0.2) is 4.98 Å². The number of aryl methyl sites for hydroxylation is 1. The summed E-state index contributed by atoms with van der Waals surface area (Å²) in [7, 11) is 0.